The van der Waals surface area contributed by atoms with Crippen molar-refractivity contribution in [1.29, 1.82) is 0 Å². The van der Waals surface area contributed by atoms with Gasteiger partial charge in [0.15, 0.2) is 0 Å². The maximum absolute atomic E-state index is 13.1. The van der Waals surface area contributed by atoms with E-state index in [1.165, 1.54) is 22.7 Å². The maximum Gasteiger partial charge on any atom is 0.148 e. The lowest BCUT2D eigenvalue weighted by atomic mass is 10.3. The van der Waals surface area contributed by atoms with E-state index in [9.17, 15) is 4.39 Å². The Morgan fingerprint density at radius 3 is 3.00 bits per heavy atom. The van der Waals surface area contributed by atoms with Crippen molar-refractivity contribution in [2.24, 2.45) is 0 Å². The third-order valence-electron chi connectivity index (χ3n) is 1.47. The Morgan fingerprint density at radius 2 is 2.36 bits per heavy atom. The van der Waals surface area contributed by atoms with Crippen molar-refractivity contribution in [2.45, 2.75) is 6.61 Å². The van der Waals surface area contributed by atoms with Gasteiger partial charge in [0.05, 0.1) is 15.5 Å². The molecule has 0 aromatic carbocycles. The number of rotatable bonds is 1. The van der Waals surface area contributed by atoms with E-state index in [-0.39, 0.29) is 12.4 Å². The third kappa shape index (κ3) is 0.982. The second-order valence-electron chi connectivity index (χ2n) is 2.12. The molecule has 0 fully saturated rings. The number of aliphatic hydroxyl groups is 1. The summed E-state index contributed by atoms with van der Waals surface area (Å²) in [7, 11) is 0. The average Bonchev–Trinajstić information content (AvgIpc) is 2.53. The molecule has 4 heteroatoms. The first-order chi connectivity index (χ1) is 5.33. The van der Waals surface area contributed by atoms with Crippen LogP contribution in [0.5, 0.6) is 0 Å². The maximum atomic E-state index is 13.1. The first-order valence-corrected chi connectivity index (χ1v) is 4.77. The molecule has 0 atom stereocenters. The summed E-state index contributed by atoms with van der Waals surface area (Å²) in [5.74, 6) is -0.256. The Balaban J connectivity index is 2.76. The molecule has 0 amide bonds. The molecule has 2 heterocycles. The quantitative estimate of drug-likeness (QED) is 0.729. The lowest BCUT2D eigenvalue weighted by molar-refractivity contribution is 0.280. The number of aliphatic hydroxyl groups excluding tert-OH is 1. The molecule has 0 bridgehead atoms. The van der Waals surface area contributed by atoms with Crippen LogP contribution in [0.25, 0.3) is 9.40 Å². The minimum absolute atomic E-state index is 0.197. The van der Waals surface area contributed by atoms with Crippen molar-refractivity contribution in [1.82, 2.24) is 0 Å². The molecule has 58 valence electrons. The van der Waals surface area contributed by atoms with Gasteiger partial charge in [-0.15, -0.1) is 22.7 Å². The fraction of sp³-hybridized carbons (Fsp3) is 0.143. The summed E-state index contributed by atoms with van der Waals surface area (Å²) in [5, 5.41) is 11.2. The Morgan fingerprint density at radius 1 is 1.55 bits per heavy atom. The number of halogens is 1. The van der Waals surface area contributed by atoms with E-state index in [2.05, 4.69) is 0 Å². The SMILES string of the molecule is OCc1sc2sccc2c1F. The summed E-state index contributed by atoms with van der Waals surface area (Å²) >= 11 is 2.83. The molecule has 0 aliphatic carbocycles. The van der Waals surface area contributed by atoms with Gasteiger partial charge in [-0.05, 0) is 11.4 Å². The number of hydrogen-bond donors (Lipinski definition) is 1. The largest absolute Gasteiger partial charge is 0.391 e. The lowest BCUT2D eigenvalue weighted by Crippen LogP contribution is -1.79. The molecule has 0 saturated heterocycles. The van der Waals surface area contributed by atoms with Gasteiger partial charge in [-0.25, -0.2) is 4.39 Å². The molecule has 2 aromatic rings. The van der Waals surface area contributed by atoms with E-state index in [0.29, 0.717) is 10.3 Å². The minimum Gasteiger partial charge on any atom is -0.391 e. The Labute approximate surface area is 70.7 Å². The van der Waals surface area contributed by atoms with Crippen molar-refractivity contribution < 1.29 is 9.50 Å². The van der Waals surface area contributed by atoms with Gasteiger partial charge >= 0.3 is 0 Å². The summed E-state index contributed by atoms with van der Waals surface area (Å²) in [4.78, 5) is 0.437. The van der Waals surface area contributed by atoms with Crippen LogP contribution in [0.15, 0.2) is 11.4 Å². The van der Waals surface area contributed by atoms with Crippen molar-refractivity contribution in [3.63, 3.8) is 0 Å². The zero-order valence-electron chi connectivity index (χ0n) is 5.50. The van der Waals surface area contributed by atoms with Crippen LogP contribution in [0.3, 0.4) is 0 Å². The zero-order valence-corrected chi connectivity index (χ0v) is 7.14. The molecule has 0 unspecified atom stereocenters. The van der Waals surface area contributed by atoms with Gasteiger partial charge < -0.3 is 5.11 Å². The van der Waals surface area contributed by atoms with Crippen LogP contribution in [0, 0.1) is 5.82 Å². The smallest absolute Gasteiger partial charge is 0.148 e. The van der Waals surface area contributed by atoms with Gasteiger partial charge in [0.2, 0.25) is 0 Å². The van der Waals surface area contributed by atoms with Gasteiger partial charge in [0.25, 0.3) is 0 Å². The lowest BCUT2D eigenvalue weighted by Gasteiger charge is -1.85. The standard InChI is InChI=1S/C7H5FOS2/c8-6-4-1-2-10-7(4)11-5(6)3-9/h1-2,9H,3H2. The monoisotopic (exact) mass is 188 g/mol. The van der Waals surface area contributed by atoms with E-state index in [4.69, 9.17) is 5.11 Å². The van der Waals surface area contributed by atoms with Crippen LogP contribution in [-0.2, 0) is 6.61 Å². The van der Waals surface area contributed by atoms with Crippen LogP contribution in [0.2, 0.25) is 0 Å². The summed E-state index contributed by atoms with van der Waals surface area (Å²) in [6, 6.07) is 1.74. The van der Waals surface area contributed by atoms with Crippen LogP contribution in [-0.4, -0.2) is 5.11 Å². The Bertz CT molecular complexity index is 377. The van der Waals surface area contributed by atoms with Crippen LogP contribution in [0.4, 0.5) is 4.39 Å². The molecule has 1 N–H and O–H groups in total. The molecule has 0 spiro atoms. The summed E-state index contributed by atoms with van der Waals surface area (Å²) < 4.78 is 14.1. The van der Waals surface area contributed by atoms with Gasteiger partial charge in [-0.3, -0.25) is 0 Å². The summed E-state index contributed by atoms with van der Waals surface area (Å²) in [5.41, 5.74) is 0. The molecule has 0 radical (unpaired) electrons. The summed E-state index contributed by atoms with van der Waals surface area (Å²) in [6.07, 6.45) is 0. The minimum atomic E-state index is -0.256. The average molecular weight is 188 g/mol. The predicted molar refractivity (Wildman–Crippen MR) is 45.6 cm³/mol. The van der Waals surface area contributed by atoms with Crippen LogP contribution in [0.1, 0.15) is 4.88 Å². The van der Waals surface area contributed by atoms with E-state index >= 15 is 0 Å². The van der Waals surface area contributed by atoms with Crippen molar-refractivity contribution in [3.05, 3.63) is 22.1 Å². The van der Waals surface area contributed by atoms with Crippen molar-refractivity contribution >= 4 is 32.1 Å². The molecule has 11 heavy (non-hydrogen) atoms. The van der Waals surface area contributed by atoms with Crippen molar-refractivity contribution in [2.75, 3.05) is 0 Å². The fourth-order valence-electron chi connectivity index (χ4n) is 0.946. The van der Waals surface area contributed by atoms with Crippen LogP contribution >= 0.6 is 22.7 Å². The van der Waals surface area contributed by atoms with E-state index in [1.807, 2.05) is 5.38 Å². The molecule has 2 aromatic heterocycles. The molecular formula is C7H5FOS2. The second-order valence-corrected chi connectivity index (χ2v) is 4.40. The van der Waals surface area contributed by atoms with Gasteiger partial charge in [0.1, 0.15) is 5.82 Å². The second kappa shape index (κ2) is 2.55. The molecule has 2 rings (SSSR count). The molecule has 0 aliphatic heterocycles. The summed E-state index contributed by atoms with van der Waals surface area (Å²) in [6.45, 7) is -0.197. The van der Waals surface area contributed by atoms with E-state index in [0.717, 1.165) is 4.01 Å². The first kappa shape index (κ1) is 7.21. The number of thiophene rings is 2. The van der Waals surface area contributed by atoms with E-state index < -0.39 is 0 Å². The first-order valence-electron chi connectivity index (χ1n) is 3.08. The third-order valence-corrected chi connectivity index (χ3v) is 3.68. The highest BCUT2D eigenvalue weighted by Gasteiger charge is 2.10. The predicted octanol–water partition coefficient (Wildman–Crippen LogP) is 2.59. The number of fused-ring (bicyclic) bond motifs is 1. The van der Waals surface area contributed by atoms with Gasteiger partial charge in [-0.2, -0.15) is 0 Å². The highest BCUT2D eigenvalue weighted by atomic mass is 32.2. The molecule has 0 saturated carbocycles. The normalized spacial score (nSPS) is 11.1. The van der Waals surface area contributed by atoms with Gasteiger partial charge in [-0.1, -0.05) is 0 Å². The highest BCUT2D eigenvalue weighted by molar-refractivity contribution is 7.37. The molecular weight excluding hydrogens is 183 g/mol. The molecule has 0 aliphatic rings. The topological polar surface area (TPSA) is 20.2 Å². The Hall–Kier alpha value is -0.450. The fourth-order valence-corrected chi connectivity index (χ4v) is 2.97. The zero-order chi connectivity index (χ0) is 7.84. The van der Waals surface area contributed by atoms with Crippen molar-refractivity contribution in [3.8, 4) is 0 Å². The van der Waals surface area contributed by atoms with Crippen LogP contribution < -0.4 is 0 Å². The van der Waals surface area contributed by atoms with Gasteiger partial charge in [0, 0.05) is 5.39 Å². The highest BCUT2D eigenvalue weighted by Crippen LogP contribution is 2.33. The molecule has 1 nitrogen and oxygen atoms in total. The number of hydrogen-bond acceptors (Lipinski definition) is 3. The Kier molecular flexibility index (Phi) is 1.67. The van der Waals surface area contributed by atoms with E-state index in [1.54, 1.807) is 6.07 Å².